The fraction of sp³-hybridized carbons (Fsp3) is 0.381. The van der Waals surface area contributed by atoms with Crippen molar-refractivity contribution in [1.29, 1.82) is 0 Å². The molecule has 0 aromatic heterocycles. The predicted octanol–water partition coefficient (Wildman–Crippen LogP) is 4.27. The van der Waals surface area contributed by atoms with Gasteiger partial charge in [-0.3, -0.25) is 4.79 Å². The molecule has 2 aromatic carbocycles. The number of amides is 1. The van der Waals surface area contributed by atoms with Crippen molar-refractivity contribution in [3.8, 4) is 0 Å². The van der Waals surface area contributed by atoms with Crippen molar-refractivity contribution in [2.45, 2.75) is 38.0 Å². The van der Waals surface area contributed by atoms with E-state index in [4.69, 9.17) is 0 Å². The Hall–Kier alpha value is -2.36. The van der Waals surface area contributed by atoms with E-state index in [0.29, 0.717) is 0 Å². The topological polar surface area (TPSA) is 32.3 Å². The summed E-state index contributed by atoms with van der Waals surface area (Å²) in [4.78, 5) is 15.4. The summed E-state index contributed by atoms with van der Waals surface area (Å²) in [6, 6.07) is 12.6. The third-order valence-corrected chi connectivity index (χ3v) is 5.74. The van der Waals surface area contributed by atoms with Gasteiger partial charge in [0.1, 0.15) is 5.82 Å². The summed E-state index contributed by atoms with van der Waals surface area (Å²) in [5.74, 6) is -0.307. The molecule has 2 aromatic rings. The highest BCUT2D eigenvalue weighted by Crippen LogP contribution is 2.45. The molecule has 1 heterocycles. The summed E-state index contributed by atoms with van der Waals surface area (Å²) in [5, 5.41) is 3.09. The molecule has 0 radical (unpaired) electrons. The molecule has 0 spiro atoms. The second-order valence-electron chi connectivity index (χ2n) is 7.07. The minimum atomic E-state index is -0.592. The van der Waals surface area contributed by atoms with Crippen molar-refractivity contribution >= 4 is 17.3 Å². The Labute approximate surface area is 147 Å². The lowest BCUT2D eigenvalue weighted by atomic mass is 9.63. The molecule has 1 aliphatic heterocycles. The molecule has 0 atom stereocenters. The van der Waals surface area contributed by atoms with Crippen LogP contribution in [0.1, 0.15) is 37.3 Å². The van der Waals surface area contributed by atoms with E-state index in [1.807, 2.05) is 12.1 Å². The lowest BCUT2D eigenvalue weighted by Gasteiger charge is -2.40. The van der Waals surface area contributed by atoms with E-state index < -0.39 is 5.41 Å². The highest BCUT2D eigenvalue weighted by atomic mass is 19.1. The number of rotatable bonds is 4. The zero-order valence-corrected chi connectivity index (χ0v) is 14.5. The number of benzene rings is 2. The lowest BCUT2D eigenvalue weighted by molar-refractivity contribution is -0.124. The third kappa shape index (κ3) is 2.70. The molecule has 1 N–H and O–H groups in total. The van der Waals surface area contributed by atoms with E-state index in [2.05, 4.69) is 29.3 Å². The molecule has 2 aliphatic rings. The van der Waals surface area contributed by atoms with E-state index in [1.54, 1.807) is 6.07 Å². The maximum absolute atomic E-state index is 13.6. The monoisotopic (exact) mass is 338 g/mol. The van der Waals surface area contributed by atoms with Crippen LogP contribution in [0.5, 0.6) is 0 Å². The van der Waals surface area contributed by atoms with E-state index in [0.717, 1.165) is 50.0 Å². The van der Waals surface area contributed by atoms with Crippen LogP contribution in [0.4, 0.5) is 15.8 Å². The number of fused-ring (bicyclic) bond motifs is 1. The SMILES string of the molecule is CCN1CCc2ccc(NC(=O)C3(c4cccc(F)c4)CCC3)cc21. The highest BCUT2D eigenvalue weighted by molar-refractivity contribution is 6.00. The van der Waals surface area contributed by atoms with Gasteiger partial charge in [-0.15, -0.1) is 0 Å². The molecule has 25 heavy (non-hydrogen) atoms. The zero-order chi connectivity index (χ0) is 17.4. The molecule has 4 rings (SSSR count). The molecule has 130 valence electrons. The van der Waals surface area contributed by atoms with E-state index in [9.17, 15) is 9.18 Å². The van der Waals surface area contributed by atoms with Crippen molar-refractivity contribution in [1.82, 2.24) is 0 Å². The average Bonchev–Trinajstić information content (AvgIpc) is 2.96. The van der Waals surface area contributed by atoms with Gasteiger partial charge in [0.15, 0.2) is 0 Å². The number of anilines is 2. The summed E-state index contributed by atoms with van der Waals surface area (Å²) in [7, 11) is 0. The van der Waals surface area contributed by atoms with Gasteiger partial charge in [0.2, 0.25) is 5.91 Å². The molecule has 0 bridgehead atoms. The second kappa shape index (κ2) is 6.17. The molecule has 3 nitrogen and oxygen atoms in total. The highest BCUT2D eigenvalue weighted by Gasteiger charge is 2.45. The van der Waals surface area contributed by atoms with Crippen LogP contribution in [-0.4, -0.2) is 19.0 Å². The van der Waals surface area contributed by atoms with Gasteiger partial charge >= 0.3 is 0 Å². The Balaban J connectivity index is 1.59. The second-order valence-corrected chi connectivity index (χ2v) is 7.07. The van der Waals surface area contributed by atoms with Crippen LogP contribution in [0.2, 0.25) is 0 Å². The van der Waals surface area contributed by atoms with E-state index in [-0.39, 0.29) is 11.7 Å². The number of halogens is 1. The number of carbonyl (C=O) groups is 1. The molecule has 0 unspecified atom stereocenters. The van der Waals surface area contributed by atoms with Gasteiger partial charge in [0.25, 0.3) is 0 Å². The number of hydrogen-bond acceptors (Lipinski definition) is 2. The van der Waals surface area contributed by atoms with Gasteiger partial charge in [0.05, 0.1) is 5.41 Å². The van der Waals surface area contributed by atoms with Crippen LogP contribution in [-0.2, 0) is 16.6 Å². The third-order valence-electron chi connectivity index (χ3n) is 5.74. The summed E-state index contributed by atoms with van der Waals surface area (Å²) >= 11 is 0. The summed E-state index contributed by atoms with van der Waals surface area (Å²) in [5.41, 5.74) is 3.57. The van der Waals surface area contributed by atoms with Gasteiger partial charge in [-0.1, -0.05) is 24.6 Å². The molecular weight excluding hydrogens is 315 g/mol. The average molecular weight is 338 g/mol. The summed E-state index contributed by atoms with van der Waals surface area (Å²) in [6.45, 7) is 4.15. The summed E-state index contributed by atoms with van der Waals surface area (Å²) < 4.78 is 13.6. The quantitative estimate of drug-likeness (QED) is 0.903. The van der Waals surface area contributed by atoms with E-state index in [1.165, 1.54) is 23.4 Å². The Kier molecular flexibility index (Phi) is 3.98. The Bertz CT molecular complexity index is 813. The molecule has 1 saturated carbocycles. The number of hydrogen-bond donors (Lipinski definition) is 1. The van der Waals surface area contributed by atoms with Gasteiger partial charge in [-0.2, -0.15) is 0 Å². The molecule has 1 fully saturated rings. The number of carbonyl (C=O) groups excluding carboxylic acids is 1. The van der Waals surface area contributed by atoms with Gasteiger partial charge in [0, 0.05) is 24.5 Å². The smallest absolute Gasteiger partial charge is 0.235 e. The van der Waals surface area contributed by atoms with E-state index >= 15 is 0 Å². The van der Waals surface area contributed by atoms with Gasteiger partial charge < -0.3 is 10.2 Å². The Morgan fingerprint density at radius 1 is 1.24 bits per heavy atom. The first-order valence-corrected chi connectivity index (χ1v) is 9.08. The zero-order valence-electron chi connectivity index (χ0n) is 14.5. The molecular formula is C21H23FN2O. The van der Waals surface area contributed by atoms with Gasteiger partial charge in [-0.25, -0.2) is 4.39 Å². The molecule has 4 heteroatoms. The predicted molar refractivity (Wildman–Crippen MR) is 98.6 cm³/mol. The fourth-order valence-electron chi connectivity index (χ4n) is 4.07. The summed E-state index contributed by atoms with van der Waals surface area (Å²) in [6.07, 6.45) is 3.60. The van der Waals surface area contributed by atoms with Crippen LogP contribution in [0.3, 0.4) is 0 Å². The van der Waals surface area contributed by atoms with Crippen molar-refractivity contribution in [2.75, 3.05) is 23.3 Å². The van der Waals surface area contributed by atoms with Crippen LogP contribution in [0.25, 0.3) is 0 Å². The van der Waals surface area contributed by atoms with Gasteiger partial charge in [-0.05, 0) is 61.6 Å². The largest absolute Gasteiger partial charge is 0.371 e. The standard InChI is InChI=1S/C21H23FN2O/c1-2-24-12-9-15-7-8-18(14-19(15)24)23-20(25)21(10-4-11-21)16-5-3-6-17(22)13-16/h3,5-8,13-14H,2,4,9-12H2,1H3,(H,23,25). The Morgan fingerprint density at radius 2 is 2.08 bits per heavy atom. The number of nitrogens with zero attached hydrogens (tertiary/aromatic N) is 1. The maximum atomic E-state index is 13.6. The maximum Gasteiger partial charge on any atom is 0.235 e. The first-order chi connectivity index (χ1) is 12.1. The minimum Gasteiger partial charge on any atom is -0.371 e. The molecule has 1 amide bonds. The van der Waals surface area contributed by atoms with Crippen LogP contribution in [0.15, 0.2) is 42.5 Å². The lowest BCUT2D eigenvalue weighted by Crippen LogP contribution is -2.46. The van der Waals surface area contributed by atoms with Crippen LogP contribution >= 0.6 is 0 Å². The minimum absolute atomic E-state index is 0.0228. The van der Waals surface area contributed by atoms with Crippen molar-refractivity contribution in [3.63, 3.8) is 0 Å². The van der Waals surface area contributed by atoms with Crippen molar-refractivity contribution in [3.05, 3.63) is 59.4 Å². The Morgan fingerprint density at radius 3 is 2.76 bits per heavy atom. The van der Waals surface area contributed by atoms with Crippen LogP contribution in [0, 0.1) is 5.82 Å². The molecule has 0 saturated heterocycles. The number of likely N-dealkylation sites (N-methyl/N-ethyl adjacent to an activating group) is 1. The van der Waals surface area contributed by atoms with Crippen LogP contribution < -0.4 is 10.2 Å². The van der Waals surface area contributed by atoms with Crippen molar-refractivity contribution in [2.24, 2.45) is 0 Å². The fourth-order valence-corrected chi connectivity index (χ4v) is 4.07. The normalized spacial score (nSPS) is 17.8. The molecule has 1 aliphatic carbocycles. The van der Waals surface area contributed by atoms with Crippen molar-refractivity contribution < 1.29 is 9.18 Å². The first-order valence-electron chi connectivity index (χ1n) is 9.08. The first kappa shape index (κ1) is 16.1. The number of nitrogens with one attached hydrogen (secondary N) is 1.